The zero-order valence-corrected chi connectivity index (χ0v) is 8.56. The van der Waals surface area contributed by atoms with Gasteiger partial charge in [0.2, 0.25) is 6.79 Å². The molecule has 80 valence electrons. The first-order valence-corrected chi connectivity index (χ1v) is 4.85. The molecule has 0 amide bonds. The molecule has 1 aromatic rings. The van der Waals surface area contributed by atoms with E-state index in [4.69, 9.17) is 14.7 Å². The molecule has 0 aromatic heterocycles. The van der Waals surface area contributed by atoms with E-state index in [0.29, 0.717) is 6.79 Å². The molecule has 4 heteroatoms. The van der Waals surface area contributed by atoms with Crippen LogP contribution in [0.3, 0.4) is 0 Å². The van der Waals surface area contributed by atoms with Gasteiger partial charge in [-0.2, -0.15) is 0 Å². The summed E-state index contributed by atoms with van der Waals surface area (Å²) in [5, 5.41) is 11.6. The van der Waals surface area contributed by atoms with Crippen molar-refractivity contribution >= 4 is 5.71 Å². The zero-order chi connectivity index (χ0) is 10.7. The highest BCUT2D eigenvalue weighted by atomic mass is 16.7. The molecule has 0 spiro atoms. The van der Waals surface area contributed by atoms with E-state index >= 15 is 0 Å². The SMILES string of the molecule is CC(CCc1ccc2c(c1)OCO2)=NO. The average molecular weight is 207 g/mol. The number of aryl methyl sites for hydroxylation is 1. The summed E-state index contributed by atoms with van der Waals surface area (Å²) in [7, 11) is 0. The van der Waals surface area contributed by atoms with E-state index in [-0.39, 0.29) is 0 Å². The summed E-state index contributed by atoms with van der Waals surface area (Å²) in [6, 6.07) is 5.87. The molecular weight excluding hydrogens is 194 g/mol. The lowest BCUT2D eigenvalue weighted by Gasteiger charge is -2.02. The molecule has 0 fully saturated rings. The van der Waals surface area contributed by atoms with Crippen molar-refractivity contribution in [2.75, 3.05) is 6.79 Å². The second kappa shape index (κ2) is 4.21. The van der Waals surface area contributed by atoms with Crippen molar-refractivity contribution in [1.82, 2.24) is 0 Å². The first-order chi connectivity index (χ1) is 7.29. The molecule has 1 aliphatic rings. The Bertz CT molecular complexity index is 387. The summed E-state index contributed by atoms with van der Waals surface area (Å²) in [5.74, 6) is 1.59. The molecule has 0 atom stereocenters. The van der Waals surface area contributed by atoms with Crippen molar-refractivity contribution in [3.8, 4) is 11.5 Å². The fraction of sp³-hybridized carbons (Fsp3) is 0.364. The lowest BCUT2D eigenvalue weighted by atomic mass is 10.1. The maximum absolute atomic E-state index is 8.51. The zero-order valence-electron chi connectivity index (χ0n) is 8.56. The number of ether oxygens (including phenoxy) is 2. The molecule has 1 heterocycles. The van der Waals surface area contributed by atoms with Crippen LogP contribution >= 0.6 is 0 Å². The second-order valence-electron chi connectivity index (χ2n) is 3.52. The van der Waals surface area contributed by atoms with E-state index < -0.39 is 0 Å². The van der Waals surface area contributed by atoms with E-state index in [9.17, 15) is 0 Å². The number of hydrogen-bond acceptors (Lipinski definition) is 4. The summed E-state index contributed by atoms with van der Waals surface area (Å²) in [6.45, 7) is 2.10. The molecule has 0 unspecified atom stereocenters. The van der Waals surface area contributed by atoms with Gasteiger partial charge in [-0.25, -0.2) is 0 Å². The largest absolute Gasteiger partial charge is 0.454 e. The number of nitrogens with zero attached hydrogens (tertiary/aromatic N) is 1. The Morgan fingerprint density at radius 1 is 1.40 bits per heavy atom. The van der Waals surface area contributed by atoms with Crippen LogP contribution in [-0.4, -0.2) is 17.7 Å². The normalized spacial score (nSPS) is 14.3. The van der Waals surface area contributed by atoms with Crippen molar-refractivity contribution < 1.29 is 14.7 Å². The lowest BCUT2D eigenvalue weighted by molar-refractivity contribution is 0.174. The lowest BCUT2D eigenvalue weighted by Crippen LogP contribution is -1.95. The van der Waals surface area contributed by atoms with Crippen LogP contribution in [0.15, 0.2) is 23.4 Å². The molecular formula is C11H13NO3. The standard InChI is InChI=1S/C11H13NO3/c1-8(12-13)2-3-9-4-5-10-11(6-9)15-7-14-10/h4-6,13H,2-3,7H2,1H3. The molecule has 0 bridgehead atoms. The molecule has 15 heavy (non-hydrogen) atoms. The molecule has 1 N–H and O–H groups in total. The van der Waals surface area contributed by atoms with Crippen molar-refractivity contribution in [2.45, 2.75) is 19.8 Å². The van der Waals surface area contributed by atoms with Crippen molar-refractivity contribution in [3.63, 3.8) is 0 Å². The topological polar surface area (TPSA) is 51.0 Å². The van der Waals surface area contributed by atoms with Gasteiger partial charge in [-0.05, 0) is 37.5 Å². The first kappa shape index (κ1) is 9.83. The van der Waals surface area contributed by atoms with Gasteiger partial charge < -0.3 is 14.7 Å². The molecule has 0 saturated carbocycles. The minimum atomic E-state index is 0.302. The molecule has 2 rings (SSSR count). The number of rotatable bonds is 3. The average Bonchev–Trinajstić information content (AvgIpc) is 2.72. The number of oxime groups is 1. The Kier molecular flexibility index (Phi) is 2.76. The van der Waals surface area contributed by atoms with E-state index in [1.54, 1.807) is 6.92 Å². The third-order valence-corrected chi connectivity index (χ3v) is 2.38. The van der Waals surface area contributed by atoms with Crippen LogP contribution < -0.4 is 9.47 Å². The monoisotopic (exact) mass is 207 g/mol. The summed E-state index contributed by atoms with van der Waals surface area (Å²) < 4.78 is 10.5. The predicted molar refractivity (Wildman–Crippen MR) is 55.8 cm³/mol. The van der Waals surface area contributed by atoms with Crippen LogP contribution in [0, 0.1) is 0 Å². The van der Waals surface area contributed by atoms with Gasteiger partial charge in [0.25, 0.3) is 0 Å². The van der Waals surface area contributed by atoms with E-state index in [1.807, 2.05) is 18.2 Å². The molecule has 0 radical (unpaired) electrons. The highest BCUT2D eigenvalue weighted by Crippen LogP contribution is 2.32. The van der Waals surface area contributed by atoms with E-state index in [1.165, 1.54) is 0 Å². The van der Waals surface area contributed by atoms with E-state index in [2.05, 4.69) is 5.16 Å². The van der Waals surface area contributed by atoms with Crippen molar-refractivity contribution in [2.24, 2.45) is 5.16 Å². The molecule has 0 saturated heterocycles. The van der Waals surface area contributed by atoms with Gasteiger partial charge in [-0.3, -0.25) is 0 Å². The Hall–Kier alpha value is -1.71. The van der Waals surface area contributed by atoms with Gasteiger partial charge in [0.15, 0.2) is 11.5 Å². The fourth-order valence-corrected chi connectivity index (χ4v) is 1.47. The van der Waals surface area contributed by atoms with Gasteiger partial charge in [-0.1, -0.05) is 11.2 Å². The van der Waals surface area contributed by atoms with Gasteiger partial charge in [0, 0.05) is 0 Å². The van der Waals surface area contributed by atoms with Crippen LogP contribution in [0.1, 0.15) is 18.9 Å². The van der Waals surface area contributed by atoms with Gasteiger partial charge in [0.1, 0.15) is 0 Å². The second-order valence-corrected chi connectivity index (χ2v) is 3.52. The Labute approximate surface area is 88.1 Å². The number of benzene rings is 1. The summed E-state index contributed by atoms with van der Waals surface area (Å²) in [6.07, 6.45) is 1.59. The summed E-state index contributed by atoms with van der Waals surface area (Å²) in [4.78, 5) is 0. The van der Waals surface area contributed by atoms with E-state index in [0.717, 1.165) is 35.6 Å². The molecule has 4 nitrogen and oxygen atoms in total. The highest BCUT2D eigenvalue weighted by Gasteiger charge is 2.12. The van der Waals surface area contributed by atoms with Crippen LogP contribution in [0.5, 0.6) is 11.5 Å². The van der Waals surface area contributed by atoms with Gasteiger partial charge >= 0.3 is 0 Å². The smallest absolute Gasteiger partial charge is 0.231 e. The third kappa shape index (κ3) is 2.21. The van der Waals surface area contributed by atoms with Crippen molar-refractivity contribution in [3.05, 3.63) is 23.8 Å². The van der Waals surface area contributed by atoms with Crippen LogP contribution in [0.4, 0.5) is 0 Å². The maximum Gasteiger partial charge on any atom is 0.231 e. The summed E-state index contributed by atoms with van der Waals surface area (Å²) in [5.41, 5.74) is 1.88. The minimum Gasteiger partial charge on any atom is -0.454 e. The minimum absolute atomic E-state index is 0.302. The van der Waals surface area contributed by atoms with Gasteiger partial charge in [-0.15, -0.1) is 0 Å². The Morgan fingerprint density at radius 2 is 2.20 bits per heavy atom. The molecule has 1 aliphatic heterocycles. The maximum atomic E-state index is 8.51. The predicted octanol–water partition coefficient (Wildman–Crippen LogP) is 2.20. The third-order valence-electron chi connectivity index (χ3n) is 2.38. The first-order valence-electron chi connectivity index (χ1n) is 4.85. The summed E-state index contributed by atoms with van der Waals surface area (Å²) >= 11 is 0. The molecule has 0 aliphatic carbocycles. The number of hydrogen-bond donors (Lipinski definition) is 1. The van der Waals surface area contributed by atoms with Crippen LogP contribution in [-0.2, 0) is 6.42 Å². The highest BCUT2D eigenvalue weighted by molar-refractivity contribution is 5.81. The van der Waals surface area contributed by atoms with Crippen LogP contribution in [0.2, 0.25) is 0 Å². The Morgan fingerprint density at radius 3 is 3.00 bits per heavy atom. The van der Waals surface area contributed by atoms with Crippen LogP contribution in [0.25, 0.3) is 0 Å². The Balaban J connectivity index is 2.04. The van der Waals surface area contributed by atoms with Crippen molar-refractivity contribution in [1.29, 1.82) is 0 Å². The quantitative estimate of drug-likeness (QED) is 0.469. The number of fused-ring (bicyclic) bond motifs is 1. The molecule has 1 aromatic carbocycles. The fourth-order valence-electron chi connectivity index (χ4n) is 1.47. The van der Waals surface area contributed by atoms with Gasteiger partial charge in [0.05, 0.1) is 5.71 Å².